The van der Waals surface area contributed by atoms with E-state index in [9.17, 15) is 21.6 Å². The summed E-state index contributed by atoms with van der Waals surface area (Å²) in [7, 11) is -2.51. The predicted molar refractivity (Wildman–Crippen MR) is 85.1 cm³/mol. The zero-order valence-electron chi connectivity index (χ0n) is 14.2. The van der Waals surface area contributed by atoms with Gasteiger partial charge >= 0.3 is 6.36 Å². The number of benzene rings is 1. The highest BCUT2D eigenvalue weighted by molar-refractivity contribution is 7.86. The second kappa shape index (κ2) is 7.48. The van der Waals surface area contributed by atoms with Gasteiger partial charge in [-0.15, -0.1) is 13.2 Å². The average Bonchev–Trinajstić information content (AvgIpc) is 2.46. The normalized spacial score (nSPS) is 23.0. The smallest absolute Gasteiger partial charge is 0.405 e. The first-order chi connectivity index (χ1) is 11.5. The van der Waals surface area contributed by atoms with E-state index in [4.69, 9.17) is 4.74 Å². The standard InChI is InChI=1S/C15H21F3N2O4S/c1-11-8-20(9-12(2)23-11)25(21,22)19(3)10-13-6-4-5-7-14(13)24-15(16,17)18/h4-7,11-12H,8-10H2,1-3H3/t11-,12-/m1/s1. The lowest BCUT2D eigenvalue weighted by atomic mass is 10.2. The summed E-state index contributed by atoms with van der Waals surface area (Å²) >= 11 is 0. The molecule has 1 heterocycles. The molecule has 6 nitrogen and oxygen atoms in total. The molecule has 1 saturated heterocycles. The molecule has 0 amide bonds. The van der Waals surface area contributed by atoms with Crippen LogP contribution in [0.3, 0.4) is 0 Å². The third-order valence-electron chi connectivity index (χ3n) is 3.70. The molecular weight excluding hydrogens is 361 g/mol. The third-order valence-corrected chi connectivity index (χ3v) is 5.57. The Hall–Kier alpha value is -1.36. The molecule has 0 radical (unpaired) electrons. The Morgan fingerprint density at radius 1 is 1.24 bits per heavy atom. The Labute approximate surface area is 145 Å². The van der Waals surface area contributed by atoms with Crippen molar-refractivity contribution in [1.29, 1.82) is 0 Å². The van der Waals surface area contributed by atoms with Gasteiger partial charge in [0.05, 0.1) is 12.2 Å². The molecule has 0 unspecified atom stereocenters. The first-order valence-electron chi connectivity index (χ1n) is 7.69. The van der Waals surface area contributed by atoms with Crippen LogP contribution in [0.2, 0.25) is 0 Å². The van der Waals surface area contributed by atoms with E-state index in [0.29, 0.717) is 0 Å². The van der Waals surface area contributed by atoms with Crippen LogP contribution < -0.4 is 4.74 Å². The minimum atomic E-state index is -4.84. The highest BCUT2D eigenvalue weighted by Gasteiger charge is 2.35. The summed E-state index contributed by atoms with van der Waals surface area (Å²) in [6.07, 6.45) is -5.36. The van der Waals surface area contributed by atoms with E-state index < -0.39 is 22.3 Å². The van der Waals surface area contributed by atoms with Gasteiger partial charge in [0.2, 0.25) is 0 Å². The number of rotatable bonds is 5. The molecule has 0 saturated carbocycles. The van der Waals surface area contributed by atoms with Crippen LogP contribution in [0.15, 0.2) is 24.3 Å². The van der Waals surface area contributed by atoms with Gasteiger partial charge in [-0.3, -0.25) is 0 Å². The lowest BCUT2D eigenvalue weighted by molar-refractivity contribution is -0.274. The molecule has 1 aliphatic rings. The highest BCUT2D eigenvalue weighted by Crippen LogP contribution is 2.28. The van der Waals surface area contributed by atoms with Gasteiger partial charge in [0.25, 0.3) is 10.2 Å². The second-order valence-corrected chi connectivity index (χ2v) is 8.03. The number of hydrogen-bond acceptors (Lipinski definition) is 4. The Morgan fingerprint density at radius 3 is 2.36 bits per heavy atom. The van der Waals surface area contributed by atoms with E-state index in [0.717, 1.165) is 10.4 Å². The van der Waals surface area contributed by atoms with Crippen LogP contribution in [-0.4, -0.2) is 55.7 Å². The van der Waals surface area contributed by atoms with E-state index >= 15 is 0 Å². The van der Waals surface area contributed by atoms with E-state index in [-0.39, 0.29) is 37.4 Å². The summed E-state index contributed by atoms with van der Waals surface area (Å²) in [6.45, 7) is 3.68. The van der Waals surface area contributed by atoms with Crippen LogP contribution >= 0.6 is 0 Å². The summed E-state index contributed by atoms with van der Waals surface area (Å²) in [6, 6.07) is 5.47. The van der Waals surface area contributed by atoms with E-state index in [2.05, 4.69) is 4.74 Å². The van der Waals surface area contributed by atoms with E-state index in [1.165, 1.54) is 29.6 Å². The number of halogens is 3. The van der Waals surface area contributed by atoms with Crippen molar-refractivity contribution in [2.45, 2.75) is 39.0 Å². The van der Waals surface area contributed by atoms with Crippen LogP contribution in [-0.2, 0) is 21.5 Å². The summed E-state index contributed by atoms with van der Waals surface area (Å²) in [5.74, 6) is -0.416. The quantitative estimate of drug-likeness (QED) is 0.785. The number of ether oxygens (including phenoxy) is 2. The SMILES string of the molecule is C[C@@H]1CN(S(=O)(=O)N(C)Cc2ccccc2OC(F)(F)F)C[C@@H](C)O1. The number of alkyl halides is 3. The fourth-order valence-electron chi connectivity index (χ4n) is 2.70. The summed E-state index contributed by atoms with van der Waals surface area (Å²) in [4.78, 5) is 0. The fraction of sp³-hybridized carbons (Fsp3) is 0.600. The molecule has 2 atom stereocenters. The molecule has 0 aromatic heterocycles. The largest absolute Gasteiger partial charge is 0.573 e. The van der Waals surface area contributed by atoms with Gasteiger partial charge in [-0.05, 0) is 19.9 Å². The summed E-state index contributed by atoms with van der Waals surface area (Å²) < 4.78 is 74.7. The van der Waals surface area contributed by atoms with Crippen LogP contribution in [0.4, 0.5) is 13.2 Å². The molecule has 142 valence electrons. The summed E-state index contributed by atoms with van der Waals surface area (Å²) in [5, 5.41) is 0. The number of hydrogen-bond donors (Lipinski definition) is 0. The molecule has 0 bridgehead atoms. The van der Waals surface area contributed by atoms with Gasteiger partial charge in [-0.1, -0.05) is 18.2 Å². The Balaban J connectivity index is 2.17. The molecule has 0 aliphatic carbocycles. The monoisotopic (exact) mass is 382 g/mol. The minimum Gasteiger partial charge on any atom is -0.405 e. The second-order valence-electron chi connectivity index (χ2n) is 5.99. The van der Waals surface area contributed by atoms with Crippen molar-refractivity contribution in [2.75, 3.05) is 20.1 Å². The van der Waals surface area contributed by atoms with Crippen LogP contribution in [0.1, 0.15) is 19.4 Å². The first-order valence-corrected chi connectivity index (χ1v) is 9.09. The zero-order valence-corrected chi connectivity index (χ0v) is 15.0. The Morgan fingerprint density at radius 2 is 1.80 bits per heavy atom. The lowest BCUT2D eigenvalue weighted by Crippen LogP contribution is -2.52. The molecule has 1 aromatic carbocycles. The molecule has 1 fully saturated rings. The lowest BCUT2D eigenvalue weighted by Gasteiger charge is -2.36. The van der Waals surface area contributed by atoms with Crippen molar-refractivity contribution < 1.29 is 31.1 Å². The van der Waals surface area contributed by atoms with Crippen LogP contribution in [0, 0.1) is 0 Å². The zero-order chi connectivity index (χ0) is 18.8. The van der Waals surface area contributed by atoms with Gasteiger partial charge in [0.1, 0.15) is 5.75 Å². The maximum Gasteiger partial charge on any atom is 0.573 e. The van der Waals surface area contributed by atoms with Crippen molar-refractivity contribution in [3.8, 4) is 5.75 Å². The Bertz CT molecular complexity index is 686. The van der Waals surface area contributed by atoms with E-state index in [1.54, 1.807) is 13.8 Å². The molecule has 25 heavy (non-hydrogen) atoms. The first kappa shape index (κ1) is 20.0. The van der Waals surface area contributed by atoms with Gasteiger partial charge in [0, 0.05) is 32.2 Å². The van der Waals surface area contributed by atoms with Crippen LogP contribution in [0.25, 0.3) is 0 Å². The highest BCUT2D eigenvalue weighted by atomic mass is 32.2. The molecule has 0 spiro atoms. The van der Waals surface area contributed by atoms with Crippen molar-refractivity contribution >= 4 is 10.2 Å². The summed E-state index contributed by atoms with van der Waals surface area (Å²) in [5.41, 5.74) is 0.125. The van der Waals surface area contributed by atoms with Gasteiger partial charge in [0.15, 0.2) is 0 Å². The van der Waals surface area contributed by atoms with Gasteiger partial charge in [-0.25, -0.2) is 0 Å². The topological polar surface area (TPSA) is 59.1 Å². The van der Waals surface area contributed by atoms with Crippen molar-refractivity contribution in [1.82, 2.24) is 8.61 Å². The molecule has 2 rings (SSSR count). The fourth-order valence-corrected chi connectivity index (χ4v) is 4.19. The van der Waals surface area contributed by atoms with Gasteiger partial charge in [-0.2, -0.15) is 17.0 Å². The number of nitrogens with zero attached hydrogens (tertiary/aromatic N) is 2. The third kappa shape index (κ3) is 5.30. The van der Waals surface area contributed by atoms with Crippen molar-refractivity contribution in [3.05, 3.63) is 29.8 Å². The molecule has 1 aliphatic heterocycles. The number of morpholine rings is 1. The average molecular weight is 382 g/mol. The molecule has 10 heteroatoms. The maximum atomic E-state index is 12.7. The maximum absolute atomic E-state index is 12.7. The molecule has 0 N–H and O–H groups in total. The molecular formula is C15H21F3N2O4S. The number of para-hydroxylation sites is 1. The molecule has 1 aromatic rings. The van der Waals surface area contributed by atoms with Gasteiger partial charge < -0.3 is 9.47 Å². The van der Waals surface area contributed by atoms with Crippen molar-refractivity contribution in [2.24, 2.45) is 0 Å². The van der Waals surface area contributed by atoms with E-state index in [1.807, 2.05) is 0 Å². The predicted octanol–water partition coefficient (Wildman–Crippen LogP) is 2.37. The van der Waals surface area contributed by atoms with Crippen LogP contribution in [0.5, 0.6) is 5.75 Å². The Kier molecular flexibility index (Phi) is 5.97. The minimum absolute atomic E-state index is 0.125. The van der Waals surface area contributed by atoms with Crippen molar-refractivity contribution in [3.63, 3.8) is 0 Å².